The van der Waals surface area contributed by atoms with Gasteiger partial charge in [0, 0.05) is 40.1 Å². The first-order valence-electron chi connectivity index (χ1n) is 10.1. The molecule has 0 spiro atoms. The van der Waals surface area contributed by atoms with Crippen LogP contribution in [-0.2, 0) is 14.3 Å². The minimum Gasteiger partial charge on any atom is -0.460 e. The lowest BCUT2D eigenvalue weighted by atomic mass is 9.72. The lowest BCUT2D eigenvalue weighted by Crippen LogP contribution is -2.36. The van der Waals surface area contributed by atoms with Crippen molar-refractivity contribution in [2.45, 2.75) is 51.6 Å². The summed E-state index contributed by atoms with van der Waals surface area (Å²) in [6.07, 6.45) is 0.806. The molecule has 4 nitrogen and oxygen atoms in total. The van der Waals surface area contributed by atoms with Crippen LogP contribution in [0.2, 0.25) is 0 Å². The molecule has 0 radical (unpaired) electrons. The monoisotopic (exact) mass is 425 g/mol. The zero-order valence-electron chi connectivity index (χ0n) is 17.2. The quantitative estimate of drug-likeness (QED) is 0.684. The van der Waals surface area contributed by atoms with Crippen molar-refractivity contribution in [3.8, 4) is 0 Å². The molecule has 1 aromatic heterocycles. The molecule has 1 aliphatic carbocycles. The Hall–Kier alpha value is -2.73. The molecule has 0 bridgehead atoms. The van der Waals surface area contributed by atoms with Crippen molar-refractivity contribution in [3.05, 3.63) is 80.6 Å². The van der Waals surface area contributed by atoms with Crippen molar-refractivity contribution in [3.63, 3.8) is 0 Å². The third kappa shape index (κ3) is 3.84. The van der Waals surface area contributed by atoms with Gasteiger partial charge in [-0.05, 0) is 56.3 Å². The number of benzene rings is 1. The van der Waals surface area contributed by atoms with E-state index < -0.39 is 11.9 Å². The number of carbonyl (C=O) groups is 2. The molecule has 2 heterocycles. The standard InChI is InChI=1S/C24H24FNO3S/c1-13(2)29-24(28)21-14(3)26-18-11-16(20-5-4-10-30-20)12-19(27)23(18)22(21)15-6-8-17(25)9-7-15/h4-10,13,16,22,26H,11-12H2,1-3H3/t16-,22+/m1/s1. The molecular weight excluding hydrogens is 401 g/mol. The molecule has 6 heteroatoms. The second-order valence-electron chi connectivity index (χ2n) is 8.04. The highest BCUT2D eigenvalue weighted by Gasteiger charge is 2.41. The Bertz CT molecular complexity index is 1030. The first-order chi connectivity index (χ1) is 14.3. The van der Waals surface area contributed by atoms with E-state index in [1.165, 1.54) is 17.0 Å². The third-order valence-electron chi connectivity index (χ3n) is 5.54. The maximum Gasteiger partial charge on any atom is 0.337 e. The summed E-state index contributed by atoms with van der Waals surface area (Å²) in [7, 11) is 0. The van der Waals surface area contributed by atoms with Crippen LogP contribution in [0.15, 0.2) is 64.3 Å². The van der Waals surface area contributed by atoms with Gasteiger partial charge in [0.15, 0.2) is 5.78 Å². The second-order valence-corrected chi connectivity index (χ2v) is 9.02. The average molecular weight is 426 g/mol. The topological polar surface area (TPSA) is 55.4 Å². The summed E-state index contributed by atoms with van der Waals surface area (Å²) in [5.74, 6) is -1.25. The van der Waals surface area contributed by atoms with E-state index in [9.17, 15) is 14.0 Å². The molecule has 0 unspecified atom stereocenters. The fourth-order valence-corrected chi connectivity index (χ4v) is 5.13. The predicted octanol–water partition coefficient (Wildman–Crippen LogP) is 5.20. The summed E-state index contributed by atoms with van der Waals surface area (Å²) in [5, 5.41) is 5.34. The van der Waals surface area contributed by atoms with Crippen molar-refractivity contribution < 1.29 is 18.7 Å². The average Bonchev–Trinajstić information content (AvgIpc) is 3.21. The van der Waals surface area contributed by atoms with Crippen LogP contribution in [0.25, 0.3) is 0 Å². The molecule has 0 saturated carbocycles. The third-order valence-corrected chi connectivity index (χ3v) is 6.57. The summed E-state index contributed by atoms with van der Waals surface area (Å²) in [6, 6.07) is 10.1. The molecule has 2 aliphatic rings. The Labute approximate surface area is 179 Å². The summed E-state index contributed by atoms with van der Waals surface area (Å²) < 4.78 is 19.1. The van der Waals surface area contributed by atoms with Crippen molar-refractivity contribution in [2.24, 2.45) is 0 Å². The van der Waals surface area contributed by atoms with Crippen LogP contribution in [0.3, 0.4) is 0 Å². The highest BCUT2D eigenvalue weighted by molar-refractivity contribution is 7.10. The van der Waals surface area contributed by atoms with E-state index in [2.05, 4.69) is 11.4 Å². The molecule has 0 amide bonds. The largest absolute Gasteiger partial charge is 0.460 e. The van der Waals surface area contributed by atoms with E-state index in [-0.39, 0.29) is 23.6 Å². The number of thiophene rings is 1. The van der Waals surface area contributed by atoms with Crippen molar-refractivity contribution in [1.82, 2.24) is 5.32 Å². The van der Waals surface area contributed by atoms with Crippen molar-refractivity contribution in [2.75, 3.05) is 0 Å². The molecule has 1 aliphatic heterocycles. The van der Waals surface area contributed by atoms with E-state index in [1.807, 2.05) is 18.4 Å². The van der Waals surface area contributed by atoms with Gasteiger partial charge in [-0.25, -0.2) is 9.18 Å². The van der Waals surface area contributed by atoms with Crippen LogP contribution < -0.4 is 5.32 Å². The van der Waals surface area contributed by atoms with Gasteiger partial charge >= 0.3 is 5.97 Å². The number of rotatable bonds is 4. The number of dihydropyridines is 1. The maximum absolute atomic E-state index is 13.6. The molecule has 1 aromatic carbocycles. The van der Waals surface area contributed by atoms with E-state index in [4.69, 9.17) is 4.74 Å². The molecule has 0 saturated heterocycles. The Morgan fingerprint density at radius 3 is 2.57 bits per heavy atom. The van der Waals surface area contributed by atoms with Gasteiger partial charge in [-0.3, -0.25) is 4.79 Å². The van der Waals surface area contributed by atoms with Gasteiger partial charge in [0.05, 0.1) is 11.7 Å². The SMILES string of the molecule is CC1=C(C(=O)OC(C)C)[C@H](c2ccc(F)cc2)C2=C(C[C@@H](c3cccs3)CC2=O)N1. The lowest BCUT2D eigenvalue weighted by molar-refractivity contribution is -0.143. The Morgan fingerprint density at radius 2 is 1.93 bits per heavy atom. The zero-order valence-corrected chi connectivity index (χ0v) is 18.0. The van der Waals surface area contributed by atoms with Gasteiger partial charge in [-0.1, -0.05) is 18.2 Å². The van der Waals surface area contributed by atoms with Gasteiger partial charge in [-0.2, -0.15) is 0 Å². The Morgan fingerprint density at radius 1 is 1.20 bits per heavy atom. The zero-order chi connectivity index (χ0) is 21.4. The fourth-order valence-electron chi connectivity index (χ4n) is 4.30. The lowest BCUT2D eigenvalue weighted by Gasteiger charge is -2.36. The first kappa shape index (κ1) is 20.5. The summed E-state index contributed by atoms with van der Waals surface area (Å²) >= 11 is 1.65. The van der Waals surface area contributed by atoms with E-state index in [1.54, 1.807) is 37.3 Å². The van der Waals surface area contributed by atoms with Gasteiger partial charge in [0.2, 0.25) is 0 Å². The smallest absolute Gasteiger partial charge is 0.337 e. The highest BCUT2D eigenvalue weighted by Crippen LogP contribution is 2.46. The van der Waals surface area contributed by atoms with Gasteiger partial charge in [0.1, 0.15) is 5.82 Å². The normalized spacial score (nSPS) is 21.6. The summed E-state index contributed by atoms with van der Waals surface area (Å²) in [4.78, 5) is 27.5. The van der Waals surface area contributed by atoms with Crippen molar-refractivity contribution >= 4 is 23.1 Å². The summed E-state index contributed by atoms with van der Waals surface area (Å²) in [5.41, 5.74) is 3.24. The van der Waals surface area contributed by atoms with Crippen LogP contribution in [0.1, 0.15) is 55.9 Å². The molecule has 2 atom stereocenters. The van der Waals surface area contributed by atoms with Gasteiger partial charge in [-0.15, -0.1) is 11.3 Å². The van der Waals surface area contributed by atoms with Crippen LogP contribution in [0, 0.1) is 5.82 Å². The minimum atomic E-state index is -0.565. The highest BCUT2D eigenvalue weighted by atomic mass is 32.1. The molecule has 0 fully saturated rings. The molecule has 1 N–H and O–H groups in total. The van der Waals surface area contributed by atoms with E-state index in [0.29, 0.717) is 35.2 Å². The number of halogens is 1. The number of esters is 1. The number of carbonyl (C=O) groups excluding carboxylic acids is 2. The maximum atomic E-state index is 13.6. The number of allylic oxidation sites excluding steroid dienone is 3. The number of Topliss-reactive ketones (excluding diaryl/α,β-unsaturated/α-hetero) is 1. The number of hydrogen-bond acceptors (Lipinski definition) is 5. The number of nitrogens with one attached hydrogen (secondary N) is 1. The first-order valence-corrected chi connectivity index (χ1v) is 11.0. The Kier molecular flexibility index (Phi) is 5.60. The van der Waals surface area contributed by atoms with E-state index in [0.717, 1.165) is 5.70 Å². The van der Waals surface area contributed by atoms with Gasteiger partial charge in [0.25, 0.3) is 0 Å². The van der Waals surface area contributed by atoms with Crippen LogP contribution in [-0.4, -0.2) is 17.9 Å². The molecule has 30 heavy (non-hydrogen) atoms. The number of hydrogen-bond donors (Lipinski definition) is 1. The van der Waals surface area contributed by atoms with Crippen LogP contribution >= 0.6 is 11.3 Å². The Balaban J connectivity index is 1.80. The fraction of sp³-hybridized carbons (Fsp3) is 0.333. The minimum absolute atomic E-state index is 0.0128. The van der Waals surface area contributed by atoms with Gasteiger partial charge < -0.3 is 10.1 Å². The molecule has 4 rings (SSSR count). The van der Waals surface area contributed by atoms with E-state index >= 15 is 0 Å². The summed E-state index contributed by atoms with van der Waals surface area (Å²) in [6.45, 7) is 5.41. The van der Waals surface area contributed by atoms with Crippen molar-refractivity contribution in [1.29, 1.82) is 0 Å². The number of ketones is 1. The molecular formula is C24H24FNO3S. The van der Waals surface area contributed by atoms with Crippen LogP contribution in [0.5, 0.6) is 0 Å². The molecule has 2 aromatic rings. The van der Waals surface area contributed by atoms with Crippen LogP contribution in [0.4, 0.5) is 4.39 Å². The second kappa shape index (κ2) is 8.19. The predicted molar refractivity (Wildman–Crippen MR) is 115 cm³/mol. The number of ether oxygens (including phenoxy) is 1. The molecule has 156 valence electrons.